The number of aryl methyl sites for hydroxylation is 2. The first-order valence-corrected chi connectivity index (χ1v) is 5.20. The van der Waals surface area contributed by atoms with Gasteiger partial charge in [0.2, 0.25) is 5.28 Å². The molecule has 0 saturated heterocycles. The molecule has 0 atom stereocenters. The minimum absolute atomic E-state index is 0.114. The number of aromatic nitrogens is 4. The average molecular weight is 270 g/mol. The van der Waals surface area contributed by atoms with E-state index in [1.165, 1.54) is 17.8 Å². The standard InChI is InChI=1S/C9H8ClN5O3/c1-5-7(15(16)17)8(13-9(10)12-5)18-6-3-11-14(2)4-6/h3-4H,1-2H3. The molecule has 2 aromatic rings. The number of halogens is 1. The molecule has 2 rings (SSSR count). The fourth-order valence-corrected chi connectivity index (χ4v) is 1.56. The number of ether oxygens (including phenoxy) is 1. The van der Waals surface area contributed by atoms with E-state index in [1.54, 1.807) is 13.2 Å². The Bertz CT molecular complexity index is 612. The molecule has 0 aliphatic carbocycles. The van der Waals surface area contributed by atoms with Gasteiger partial charge in [-0.3, -0.25) is 14.8 Å². The SMILES string of the molecule is Cc1nc(Cl)nc(Oc2cnn(C)c2)c1[N+](=O)[O-]. The van der Waals surface area contributed by atoms with E-state index in [1.807, 2.05) is 0 Å². The van der Waals surface area contributed by atoms with E-state index in [4.69, 9.17) is 16.3 Å². The summed E-state index contributed by atoms with van der Waals surface area (Å²) in [7, 11) is 1.69. The molecule has 0 bridgehead atoms. The summed E-state index contributed by atoms with van der Waals surface area (Å²) in [6, 6.07) is 0. The highest BCUT2D eigenvalue weighted by molar-refractivity contribution is 6.28. The van der Waals surface area contributed by atoms with Gasteiger partial charge in [0.05, 0.1) is 17.3 Å². The Morgan fingerprint density at radius 1 is 1.50 bits per heavy atom. The molecule has 0 saturated carbocycles. The van der Waals surface area contributed by atoms with Crippen LogP contribution in [0.25, 0.3) is 0 Å². The van der Waals surface area contributed by atoms with Crippen molar-refractivity contribution in [3.05, 3.63) is 33.5 Å². The maximum atomic E-state index is 10.9. The lowest BCUT2D eigenvalue weighted by Crippen LogP contribution is -2.01. The second kappa shape index (κ2) is 4.57. The molecular formula is C9H8ClN5O3. The summed E-state index contributed by atoms with van der Waals surface area (Å²) in [5, 5.41) is 14.7. The molecule has 0 aliphatic heterocycles. The van der Waals surface area contributed by atoms with E-state index >= 15 is 0 Å². The first kappa shape index (κ1) is 12.2. The van der Waals surface area contributed by atoms with Gasteiger partial charge in [-0.25, -0.2) is 4.98 Å². The first-order valence-electron chi connectivity index (χ1n) is 4.82. The molecule has 2 aromatic heterocycles. The van der Waals surface area contributed by atoms with Crippen molar-refractivity contribution in [1.82, 2.24) is 19.7 Å². The molecule has 0 fully saturated rings. The molecule has 9 heteroatoms. The Balaban J connectivity index is 2.45. The molecule has 18 heavy (non-hydrogen) atoms. The van der Waals surface area contributed by atoms with Gasteiger partial charge < -0.3 is 4.74 Å². The van der Waals surface area contributed by atoms with Crippen LogP contribution in [0.5, 0.6) is 11.6 Å². The molecule has 0 aromatic carbocycles. The predicted octanol–water partition coefficient (Wildman–Crippen LogP) is 1.87. The number of hydrogen-bond donors (Lipinski definition) is 0. The lowest BCUT2D eigenvalue weighted by molar-refractivity contribution is -0.386. The fraction of sp³-hybridized carbons (Fsp3) is 0.222. The van der Waals surface area contributed by atoms with Crippen LogP contribution in [-0.2, 0) is 7.05 Å². The third-order valence-corrected chi connectivity index (χ3v) is 2.25. The minimum atomic E-state index is -0.614. The van der Waals surface area contributed by atoms with Gasteiger partial charge in [0.15, 0.2) is 5.75 Å². The third-order valence-electron chi connectivity index (χ3n) is 2.08. The Morgan fingerprint density at radius 2 is 2.22 bits per heavy atom. The van der Waals surface area contributed by atoms with Crippen molar-refractivity contribution in [2.24, 2.45) is 7.05 Å². The summed E-state index contributed by atoms with van der Waals surface area (Å²) in [4.78, 5) is 17.7. The van der Waals surface area contributed by atoms with Crippen molar-refractivity contribution in [2.45, 2.75) is 6.92 Å². The maximum absolute atomic E-state index is 10.9. The van der Waals surface area contributed by atoms with Crippen molar-refractivity contribution < 1.29 is 9.66 Å². The first-order chi connectivity index (χ1) is 8.47. The van der Waals surface area contributed by atoms with E-state index in [0.29, 0.717) is 5.75 Å². The molecule has 0 unspecified atom stereocenters. The minimum Gasteiger partial charge on any atom is -0.430 e. The Morgan fingerprint density at radius 3 is 2.78 bits per heavy atom. The molecule has 0 amide bonds. The van der Waals surface area contributed by atoms with Gasteiger partial charge in [0.1, 0.15) is 5.69 Å². The quantitative estimate of drug-likeness (QED) is 0.479. The Hall–Kier alpha value is -2.22. The van der Waals surface area contributed by atoms with Crippen molar-refractivity contribution in [2.75, 3.05) is 0 Å². The van der Waals surface area contributed by atoms with Crippen LogP contribution in [-0.4, -0.2) is 24.7 Å². The predicted molar refractivity (Wildman–Crippen MR) is 61.7 cm³/mol. The number of nitrogens with zero attached hydrogens (tertiary/aromatic N) is 5. The summed E-state index contributed by atoms with van der Waals surface area (Å²) < 4.78 is 6.79. The van der Waals surface area contributed by atoms with Crippen molar-refractivity contribution in [3.8, 4) is 11.6 Å². The van der Waals surface area contributed by atoms with Crippen molar-refractivity contribution in [3.63, 3.8) is 0 Å². The summed E-state index contributed by atoms with van der Waals surface area (Å²) in [5.41, 5.74) is -0.179. The van der Waals surface area contributed by atoms with E-state index in [2.05, 4.69) is 15.1 Å². The monoisotopic (exact) mass is 269 g/mol. The second-order valence-electron chi connectivity index (χ2n) is 3.44. The highest BCUT2D eigenvalue weighted by atomic mass is 35.5. The zero-order valence-electron chi connectivity index (χ0n) is 9.49. The van der Waals surface area contributed by atoms with Gasteiger partial charge >= 0.3 is 11.6 Å². The lowest BCUT2D eigenvalue weighted by Gasteiger charge is -2.04. The second-order valence-corrected chi connectivity index (χ2v) is 3.78. The van der Waals surface area contributed by atoms with E-state index in [0.717, 1.165) is 0 Å². The van der Waals surface area contributed by atoms with Gasteiger partial charge in [0, 0.05) is 7.05 Å². The Labute approximate surface area is 106 Å². The normalized spacial score (nSPS) is 10.4. The molecule has 2 heterocycles. The topological polar surface area (TPSA) is 96.0 Å². The number of rotatable bonds is 3. The Kier molecular flexibility index (Phi) is 3.11. The van der Waals surface area contributed by atoms with Crippen LogP contribution < -0.4 is 4.74 Å². The maximum Gasteiger partial charge on any atom is 0.352 e. The van der Waals surface area contributed by atoms with Crippen LogP contribution in [0.1, 0.15) is 5.69 Å². The third kappa shape index (κ3) is 2.38. The summed E-state index contributed by atoms with van der Waals surface area (Å²) >= 11 is 5.65. The molecule has 0 spiro atoms. The van der Waals surface area contributed by atoms with Crippen molar-refractivity contribution in [1.29, 1.82) is 0 Å². The van der Waals surface area contributed by atoms with Crippen LogP contribution >= 0.6 is 11.6 Å². The zero-order valence-corrected chi connectivity index (χ0v) is 10.2. The average Bonchev–Trinajstić information content (AvgIpc) is 2.62. The van der Waals surface area contributed by atoms with E-state index < -0.39 is 4.92 Å². The lowest BCUT2D eigenvalue weighted by atomic mass is 10.4. The highest BCUT2D eigenvalue weighted by Crippen LogP contribution is 2.31. The molecule has 0 aliphatic rings. The molecule has 8 nitrogen and oxygen atoms in total. The molecular weight excluding hydrogens is 262 g/mol. The van der Waals surface area contributed by atoms with Crippen LogP contribution in [0.4, 0.5) is 5.69 Å². The van der Waals surface area contributed by atoms with E-state index in [9.17, 15) is 10.1 Å². The van der Waals surface area contributed by atoms with Gasteiger partial charge in [-0.1, -0.05) is 0 Å². The fourth-order valence-electron chi connectivity index (χ4n) is 1.35. The van der Waals surface area contributed by atoms with Crippen molar-refractivity contribution >= 4 is 17.3 Å². The van der Waals surface area contributed by atoms with Gasteiger partial charge in [0.25, 0.3) is 0 Å². The molecule has 0 radical (unpaired) electrons. The van der Waals surface area contributed by atoms with Crippen LogP contribution in [0.15, 0.2) is 12.4 Å². The zero-order chi connectivity index (χ0) is 13.3. The highest BCUT2D eigenvalue weighted by Gasteiger charge is 2.24. The van der Waals surface area contributed by atoms with Gasteiger partial charge in [-0.05, 0) is 18.5 Å². The van der Waals surface area contributed by atoms with Gasteiger partial charge in [-0.2, -0.15) is 10.1 Å². The van der Waals surface area contributed by atoms with Crippen LogP contribution in [0.2, 0.25) is 5.28 Å². The number of hydrogen-bond acceptors (Lipinski definition) is 6. The summed E-state index contributed by atoms with van der Waals surface area (Å²) in [6.07, 6.45) is 2.96. The van der Waals surface area contributed by atoms with E-state index in [-0.39, 0.29) is 22.5 Å². The summed E-state index contributed by atoms with van der Waals surface area (Å²) in [6.45, 7) is 1.46. The van der Waals surface area contributed by atoms with Crippen LogP contribution in [0.3, 0.4) is 0 Å². The summed E-state index contributed by atoms with van der Waals surface area (Å²) in [5.74, 6) is 0.125. The van der Waals surface area contributed by atoms with Gasteiger partial charge in [-0.15, -0.1) is 0 Å². The molecule has 94 valence electrons. The molecule has 0 N–H and O–H groups in total. The largest absolute Gasteiger partial charge is 0.430 e. The number of nitro groups is 1. The smallest absolute Gasteiger partial charge is 0.352 e. The van der Waals surface area contributed by atoms with Crippen LogP contribution in [0, 0.1) is 17.0 Å².